The van der Waals surface area contributed by atoms with Gasteiger partial charge < -0.3 is 4.74 Å². The number of nitrogens with zero attached hydrogens (tertiary/aromatic N) is 1. The molecule has 3 nitrogen and oxygen atoms in total. The van der Waals surface area contributed by atoms with Crippen molar-refractivity contribution >= 4 is 5.78 Å². The minimum atomic E-state index is 0.0192. The van der Waals surface area contributed by atoms with Crippen LogP contribution < -0.4 is 0 Å². The molecule has 1 aromatic carbocycles. The van der Waals surface area contributed by atoms with E-state index in [-0.39, 0.29) is 18.1 Å². The van der Waals surface area contributed by atoms with E-state index in [1.165, 1.54) is 5.56 Å². The van der Waals surface area contributed by atoms with Crippen LogP contribution in [0.15, 0.2) is 30.3 Å². The molecule has 0 aromatic heterocycles. The van der Waals surface area contributed by atoms with Crippen LogP contribution in [-0.2, 0) is 16.1 Å². The normalized spacial score (nSPS) is 23.1. The Kier molecular flexibility index (Phi) is 5.54. The van der Waals surface area contributed by atoms with Crippen LogP contribution in [0.2, 0.25) is 0 Å². The molecule has 0 saturated carbocycles. The molecule has 1 fully saturated rings. The van der Waals surface area contributed by atoms with E-state index in [0.29, 0.717) is 18.4 Å². The summed E-state index contributed by atoms with van der Waals surface area (Å²) in [6.07, 6.45) is 0.975. The maximum atomic E-state index is 12.4. The van der Waals surface area contributed by atoms with E-state index in [9.17, 15) is 4.79 Å². The summed E-state index contributed by atoms with van der Waals surface area (Å²) >= 11 is 0. The zero-order valence-electron chi connectivity index (χ0n) is 13.6. The predicted molar refractivity (Wildman–Crippen MR) is 85.1 cm³/mol. The third-order valence-electron chi connectivity index (χ3n) is 4.19. The quantitative estimate of drug-likeness (QED) is 0.805. The number of ketones is 1. The van der Waals surface area contributed by atoms with Gasteiger partial charge in [0.1, 0.15) is 0 Å². The van der Waals surface area contributed by atoms with E-state index in [4.69, 9.17) is 4.74 Å². The van der Waals surface area contributed by atoms with E-state index in [0.717, 1.165) is 13.0 Å². The van der Waals surface area contributed by atoms with Gasteiger partial charge in [-0.3, -0.25) is 9.69 Å². The van der Waals surface area contributed by atoms with Gasteiger partial charge in [0.25, 0.3) is 0 Å². The summed E-state index contributed by atoms with van der Waals surface area (Å²) in [5, 5.41) is 0. The Balaban J connectivity index is 1.95. The van der Waals surface area contributed by atoms with E-state index < -0.39 is 0 Å². The molecular weight excluding hydrogens is 262 g/mol. The molecule has 0 N–H and O–H groups in total. The molecule has 1 saturated heterocycles. The highest BCUT2D eigenvalue weighted by Gasteiger charge is 2.38. The van der Waals surface area contributed by atoms with Crippen molar-refractivity contribution in [2.75, 3.05) is 6.54 Å². The van der Waals surface area contributed by atoms with Crippen LogP contribution in [0.4, 0.5) is 0 Å². The summed E-state index contributed by atoms with van der Waals surface area (Å²) in [6, 6.07) is 10.6. The van der Waals surface area contributed by atoms with Gasteiger partial charge in [0.2, 0.25) is 0 Å². The molecule has 0 bridgehead atoms. The van der Waals surface area contributed by atoms with Crippen LogP contribution in [-0.4, -0.2) is 35.4 Å². The van der Waals surface area contributed by atoms with Crippen molar-refractivity contribution in [1.82, 2.24) is 4.90 Å². The van der Waals surface area contributed by atoms with Crippen molar-refractivity contribution in [3.05, 3.63) is 35.9 Å². The van der Waals surface area contributed by atoms with Crippen LogP contribution in [0.25, 0.3) is 0 Å². The Hall–Kier alpha value is -1.19. The predicted octanol–water partition coefficient (Wildman–Crippen LogP) is 3.28. The van der Waals surface area contributed by atoms with Crippen LogP contribution >= 0.6 is 0 Å². The molecule has 0 amide bonds. The number of hydrogen-bond donors (Lipinski definition) is 0. The maximum Gasteiger partial charge on any atom is 0.152 e. The van der Waals surface area contributed by atoms with Crippen molar-refractivity contribution < 1.29 is 9.53 Å². The fourth-order valence-electron chi connectivity index (χ4n) is 2.97. The van der Waals surface area contributed by atoms with Crippen LogP contribution in [0.3, 0.4) is 0 Å². The molecule has 1 unspecified atom stereocenters. The molecule has 0 radical (unpaired) electrons. The minimum absolute atomic E-state index is 0.0192. The van der Waals surface area contributed by atoms with E-state index in [1.807, 2.05) is 32.0 Å². The fourth-order valence-corrected chi connectivity index (χ4v) is 2.97. The van der Waals surface area contributed by atoms with Crippen molar-refractivity contribution in [1.29, 1.82) is 0 Å². The third kappa shape index (κ3) is 4.14. The van der Waals surface area contributed by atoms with E-state index >= 15 is 0 Å². The number of likely N-dealkylation sites (tertiary alicyclic amines) is 1. The van der Waals surface area contributed by atoms with Gasteiger partial charge in [0.15, 0.2) is 5.78 Å². The summed E-state index contributed by atoms with van der Waals surface area (Å²) in [4.78, 5) is 14.7. The largest absolute Gasteiger partial charge is 0.372 e. The molecule has 1 aromatic rings. The van der Waals surface area contributed by atoms with Gasteiger partial charge in [-0.1, -0.05) is 44.2 Å². The lowest BCUT2D eigenvalue weighted by atomic mass is 9.99. The van der Waals surface area contributed by atoms with Crippen molar-refractivity contribution in [3.63, 3.8) is 0 Å². The monoisotopic (exact) mass is 289 g/mol. The SMILES string of the molecule is CC(C)C(=O)[C@@H]1CC(OCc2ccccc2)CN1C(C)C. The lowest BCUT2D eigenvalue weighted by Gasteiger charge is -2.27. The van der Waals surface area contributed by atoms with Crippen molar-refractivity contribution in [2.24, 2.45) is 5.92 Å². The van der Waals surface area contributed by atoms with E-state index in [2.05, 4.69) is 30.9 Å². The summed E-state index contributed by atoms with van der Waals surface area (Å²) in [5.74, 6) is 0.429. The number of Topliss-reactive ketones (excluding diaryl/α,β-unsaturated/α-hetero) is 1. The van der Waals surface area contributed by atoms with Gasteiger partial charge in [-0.2, -0.15) is 0 Å². The second-order valence-electron chi connectivity index (χ2n) is 6.52. The molecule has 1 heterocycles. The van der Waals surface area contributed by atoms with Gasteiger partial charge in [0.05, 0.1) is 18.8 Å². The first kappa shape index (κ1) is 16.2. The zero-order chi connectivity index (χ0) is 15.4. The zero-order valence-corrected chi connectivity index (χ0v) is 13.6. The molecule has 0 spiro atoms. The smallest absolute Gasteiger partial charge is 0.152 e. The molecule has 3 heteroatoms. The van der Waals surface area contributed by atoms with Gasteiger partial charge in [-0.15, -0.1) is 0 Å². The second kappa shape index (κ2) is 7.19. The lowest BCUT2D eigenvalue weighted by molar-refractivity contribution is -0.126. The highest BCUT2D eigenvalue weighted by atomic mass is 16.5. The maximum absolute atomic E-state index is 12.4. The molecule has 0 aliphatic carbocycles. The molecule has 2 atom stereocenters. The number of rotatable bonds is 6. The minimum Gasteiger partial charge on any atom is -0.372 e. The summed E-state index contributed by atoms with van der Waals surface area (Å²) in [6.45, 7) is 9.76. The third-order valence-corrected chi connectivity index (χ3v) is 4.19. The summed E-state index contributed by atoms with van der Waals surface area (Å²) in [5.41, 5.74) is 1.19. The Morgan fingerprint density at radius 3 is 2.48 bits per heavy atom. The Labute approximate surface area is 128 Å². The number of hydrogen-bond acceptors (Lipinski definition) is 3. The number of carbonyl (C=O) groups is 1. The molecule has 1 aliphatic rings. The molecular formula is C18H27NO2. The van der Waals surface area contributed by atoms with Gasteiger partial charge in [-0.05, 0) is 25.8 Å². The lowest BCUT2D eigenvalue weighted by Crippen LogP contribution is -2.42. The molecule has 116 valence electrons. The molecule has 1 aliphatic heterocycles. The molecule has 21 heavy (non-hydrogen) atoms. The first-order chi connectivity index (χ1) is 9.99. The topological polar surface area (TPSA) is 29.5 Å². The Morgan fingerprint density at radius 1 is 1.24 bits per heavy atom. The van der Waals surface area contributed by atoms with Crippen LogP contribution in [0.5, 0.6) is 0 Å². The van der Waals surface area contributed by atoms with Gasteiger partial charge in [0, 0.05) is 18.5 Å². The average Bonchev–Trinajstić information content (AvgIpc) is 2.89. The first-order valence-corrected chi connectivity index (χ1v) is 7.94. The summed E-state index contributed by atoms with van der Waals surface area (Å²) < 4.78 is 6.04. The standard InChI is InChI=1S/C18H27NO2/c1-13(2)18(20)17-10-16(11-19(17)14(3)4)21-12-15-8-6-5-7-9-15/h5-9,13-14,16-17H,10-12H2,1-4H3/t16?,17-/m0/s1. The average molecular weight is 289 g/mol. The number of benzene rings is 1. The highest BCUT2D eigenvalue weighted by Crippen LogP contribution is 2.26. The first-order valence-electron chi connectivity index (χ1n) is 7.94. The summed E-state index contributed by atoms with van der Waals surface area (Å²) in [7, 11) is 0. The van der Waals surface area contributed by atoms with E-state index in [1.54, 1.807) is 0 Å². The highest BCUT2D eigenvalue weighted by molar-refractivity contribution is 5.86. The van der Waals surface area contributed by atoms with Gasteiger partial charge in [-0.25, -0.2) is 0 Å². The Morgan fingerprint density at radius 2 is 1.90 bits per heavy atom. The molecule has 2 rings (SSSR count). The van der Waals surface area contributed by atoms with Crippen molar-refractivity contribution in [2.45, 2.75) is 58.9 Å². The second-order valence-corrected chi connectivity index (χ2v) is 6.52. The fraction of sp³-hybridized carbons (Fsp3) is 0.611. The number of carbonyl (C=O) groups excluding carboxylic acids is 1. The van der Waals surface area contributed by atoms with Gasteiger partial charge >= 0.3 is 0 Å². The number of ether oxygens (including phenoxy) is 1. The van der Waals surface area contributed by atoms with Crippen LogP contribution in [0, 0.1) is 5.92 Å². The Bertz CT molecular complexity index is 456. The van der Waals surface area contributed by atoms with Crippen molar-refractivity contribution in [3.8, 4) is 0 Å². The van der Waals surface area contributed by atoms with Crippen LogP contribution in [0.1, 0.15) is 39.7 Å².